The molecule has 1 rings (SSSR count). The normalized spacial score (nSPS) is 12.5. The summed E-state index contributed by atoms with van der Waals surface area (Å²) in [5.41, 5.74) is 8.77. The number of hydrogen-bond donors (Lipinski definition) is 2. The highest BCUT2D eigenvalue weighted by atomic mass is 15.2. The highest BCUT2D eigenvalue weighted by Crippen LogP contribution is 2.24. The van der Waals surface area contributed by atoms with Crippen LogP contribution in [0, 0.1) is 12.3 Å². The van der Waals surface area contributed by atoms with Crippen LogP contribution < -0.4 is 10.6 Å². The SMILES string of the molecule is CCN(c1cc(C)ccc1C(=N)N)C(C)CN(C)C. The fourth-order valence-electron chi connectivity index (χ4n) is 2.45. The van der Waals surface area contributed by atoms with E-state index in [1.165, 1.54) is 5.56 Å². The molecule has 0 aliphatic rings. The lowest BCUT2D eigenvalue weighted by Gasteiger charge is -2.33. The Kier molecular flexibility index (Phi) is 5.36. The molecule has 0 aliphatic heterocycles. The minimum absolute atomic E-state index is 0.130. The van der Waals surface area contributed by atoms with Gasteiger partial charge in [-0.25, -0.2) is 0 Å². The second-order valence-corrected chi connectivity index (χ2v) is 5.33. The third kappa shape index (κ3) is 3.96. The molecular weight excluding hydrogens is 236 g/mol. The fourth-order valence-corrected chi connectivity index (χ4v) is 2.45. The number of rotatable bonds is 6. The largest absolute Gasteiger partial charge is 0.384 e. The molecule has 106 valence electrons. The summed E-state index contributed by atoms with van der Waals surface area (Å²) in [6, 6.07) is 6.44. The van der Waals surface area contributed by atoms with Crippen LogP contribution in [0.3, 0.4) is 0 Å². The van der Waals surface area contributed by atoms with Crippen molar-refractivity contribution in [2.24, 2.45) is 5.73 Å². The second-order valence-electron chi connectivity index (χ2n) is 5.33. The van der Waals surface area contributed by atoms with Crippen LogP contribution >= 0.6 is 0 Å². The molecule has 0 aliphatic carbocycles. The van der Waals surface area contributed by atoms with E-state index in [1.807, 2.05) is 12.1 Å². The van der Waals surface area contributed by atoms with Crippen molar-refractivity contribution >= 4 is 11.5 Å². The molecule has 0 spiro atoms. The molecule has 19 heavy (non-hydrogen) atoms. The van der Waals surface area contributed by atoms with Crippen molar-refractivity contribution in [1.29, 1.82) is 5.41 Å². The van der Waals surface area contributed by atoms with Gasteiger partial charge in [0.15, 0.2) is 0 Å². The zero-order valence-corrected chi connectivity index (χ0v) is 12.7. The van der Waals surface area contributed by atoms with E-state index >= 15 is 0 Å². The van der Waals surface area contributed by atoms with Crippen LogP contribution in [-0.4, -0.2) is 44.0 Å². The van der Waals surface area contributed by atoms with Gasteiger partial charge in [0.2, 0.25) is 0 Å². The summed E-state index contributed by atoms with van der Waals surface area (Å²) < 4.78 is 0. The molecule has 0 bridgehead atoms. The van der Waals surface area contributed by atoms with Gasteiger partial charge in [-0.2, -0.15) is 0 Å². The predicted molar refractivity (Wildman–Crippen MR) is 83.2 cm³/mol. The van der Waals surface area contributed by atoms with Crippen LogP contribution in [0.2, 0.25) is 0 Å². The van der Waals surface area contributed by atoms with Crippen molar-refractivity contribution in [3.05, 3.63) is 29.3 Å². The van der Waals surface area contributed by atoms with Gasteiger partial charge in [0.1, 0.15) is 5.84 Å². The molecule has 1 aromatic carbocycles. The quantitative estimate of drug-likeness (QED) is 0.609. The molecule has 4 heteroatoms. The first-order valence-corrected chi connectivity index (χ1v) is 6.73. The average molecular weight is 262 g/mol. The Bertz CT molecular complexity index is 440. The number of anilines is 1. The average Bonchev–Trinajstić information content (AvgIpc) is 2.28. The van der Waals surface area contributed by atoms with Gasteiger partial charge in [0.05, 0.1) is 0 Å². The number of amidine groups is 1. The van der Waals surface area contributed by atoms with Crippen molar-refractivity contribution in [3.63, 3.8) is 0 Å². The maximum atomic E-state index is 7.74. The van der Waals surface area contributed by atoms with E-state index in [0.717, 1.165) is 24.3 Å². The topological polar surface area (TPSA) is 56.4 Å². The van der Waals surface area contributed by atoms with Crippen molar-refractivity contribution in [3.8, 4) is 0 Å². The Hall–Kier alpha value is -1.55. The van der Waals surface area contributed by atoms with Crippen molar-refractivity contribution in [2.75, 3.05) is 32.1 Å². The maximum absolute atomic E-state index is 7.74. The van der Waals surface area contributed by atoms with Gasteiger partial charge >= 0.3 is 0 Å². The van der Waals surface area contributed by atoms with Crippen molar-refractivity contribution < 1.29 is 0 Å². The molecular formula is C15H26N4. The molecule has 1 atom stereocenters. The summed E-state index contributed by atoms with van der Waals surface area (Å²) in [4.78, 5) is 4.49. The first kappa shape index (κ1) is 15.5. The van der Waals surface area contributed by atoms with Gasteiger partial charge in [-0.05, 0) is 52.6 Å². The summed E-state index contributed by atoms with van der Waals surface area (Å²) in [5.74, 6) is 0.130. The number of benzene rings is 1. The molecule has 1 aromatic rings. The van der Waals surface area contributed by atoms with E-state index in [4.69, 9.17) is 11.1 Å². The molecule has 4 nitrogen and oxygen atoms in total. The third-order valence-corrected chi connectivity index (χ3v) is 3.25. The third-order valence-electron chi connectivity index (χ3n) is 3.25. The second kappa shape index (κ2) is 6.57. The number of likely N-dealkylation sites (N-methyl/N-ethyl adjacent to an activating group) is 2. The van der Waals surface area contributed by atoms with Gasteiger partial charge in [0.25, 0.3) is 0 Å². The minimum Gasteiger partial charge on any atom is -0.384 e. The zero-order chi connectivity index (χ0) is 14.6. The van der Waals surface area contributed by atoms with Crippen LogP contribution in [0.4, 0.5) is 5.69 Å². The number of nitrogens with zero attached hydrogens (tertiary/aromatic N) is 2. The van der Waals surface area contributed by atoms with Gasteiger partial charge in [-0.3, -0.25) is 5.41 Å². The van der Waals surface area contributed by atoms with E-state index in [2.05, 4.69) is 50.7 Å². The van der Waals surface area contributed by atoms with Gasteiger partial charge in [0, 0.05) is 30.4 Å². The van der Waals surface area contributed by atoms with Gasteiger partial charge in [-0.15, -0.1) is 0 Å². The summed E-state index contributed by atoms with van der Waals surface area (Å²) in [6.07, 6.45) is 0. The number of nitrogen functional groups attached to an aromatic ring is 1. The Balaban J connectivity index is 3.16. The van der Waals surface area contributed by atoms with Crippen LogP contribution in [0.25, 0.3) is 0 Å². The Morgan fingerprint density at radius 1 is 1.37 bits per heavy atom. The number of nitrogens with two attached hydrogens (primary N) is 1. The Morgan fingerprint density at radius 2 is 2.00 bits per heavy atom. The van der Waals surface area contributed by atoms with Gasteiger partial charge in [-0.1, -0.05) is 6.07 Å². The fraction of sp³-hybridized carbons (Fsp3) is 0.533. The number of nitrogens with one attached hydrogen (secondary N) is 1. The van der Waals surface area contributed by atoms with E-state index in [0.29, 0.717) is 6.04 Å². The lowest BCUT2D eigenvalue weighted by molar-refractivity contribution is 0.373. The predicted octanol–water partition coefficient (Wildman–Crippen LogP) is 2.06. The smallest absolute Gasteiger partial charge is 0.124 e. The monoisotopic (exact) mass is 262 g/mol. The molecule has 0 amide bonds. The first-order chi connectivity index (χ1) is 8.86. The standard InChI is InChI=1S/C15H26N4/c1-6-19(12(3)10-18(4)5)14-9-11(2)7-8-13(14)15(16)17/h7-9,12H,6,10H2,1-5H3,(H3,16,17). The molecule has 0 saturated carbocycles. The van der Waals surface area contributed by atoms with E-state index in [-0.39, 0.29) is 5.84 Å². The molecule has 0 radical (unpaired) electrons. The molecule has 1 unspecified atom stereocenters. The van der Waals surface area contributed by atoms with E-state index in [9.17, 15) is 0 Å². The molecule has 0 aromatic heterocycles. The van der Waals surface area contributed by atoms with Crippen molar-refractivity contribution in [2.45, 2.75) is 26.8 Å². The summed E-state index contributed by atoms with van der Waals surface area (Å²) in [7, 11) is 4.15. The number of aryl methyl sites for hydroxylation is 1. The van der Waals surface area contributed by atoms with Crippen LogP contribution in [0.1, 0.15) is 25.0 Å². The van der Waals surface area contributed by atoms with Crippen LogP contribution in [0.15, 0.2) is 18.2 Å². The summed E-state index contributed by atoms with van der Waals surface area (Å²) >= 11 is 0. The lowest BCUT2D eigenvalue weighted by atomic mass is 10.1. The lowest BCUT2D eigenvalue weighted by Crippen LogP contribution is -2.41. The van der Waals surface area contributed by atoms with Crippen LogP contribution in [-0.2, 0) is 0 Å². The number of hydrogen-bond acceptors (Lipinski definition) is 3. The van der Waals surface area contributed by atoms with Crippen molar-refractivity contribution in [1.82, 2.24) is 4.90 Å². The molecule has 0 saturated heterocycles. The highest BCUT2D eigenvalue weighted by Gasteiger charge is 2.18. The molecule has 3 N–H and O–H groups in total. The minimum atomic E-state index is 0.130. The molecule has 0 heterocycles. The van der Waals surface area contributed by atoms with Crippen LogP contribution in [0.5, 0.6) is 0 Å². The summed E-state index contributed by atoms with van der Waals surface area (Å²) in [6.45, 7) is 8.28. The zero-order valence-electron chi connectivity index (χ0n) is 12.7. The highest BCUT2D eigenvalue weighted by molar-refractivity contribution is 6.00. The van der Waals surface area contributed by atoms with Gasteiger partial charge < -0.3 is 15.5 Å². The van der Waals surface area contributed by atoms with E-state index in [1.54, 1.807) is 0 Å². The molecule has 0 fully saturated rings. The Morgan fingerprint density at radius 3 is 2.47 bits per heavy atom. The summed E-state index contributed by atoms with van der Waals surface area (Å²) in [5, 5.41) is 7.74. The maximum Gasteiger partial charge on any atom is 0.124 e. The Labute approximate surface area is 116 Å². The first-order valence-electron chi connectivity index (χ1n) is 6.73. The van der Waals surface area contributed by atoms with E-state index < -0.39 is 0 Å².